The van der Waals surface area contributed by atoms with Gasteiger partial charge in [0.05, 0.1) is 5.69 Å². The van der Waals surface area contributed by atoms with Crippen molar-refractivity contribution in [2.75, 3.05) is 12.5 Å². The van der Waals surface area contributed by atoms with Crippen molar-refractivity contribution in [2.45, 2.75) is 0 Å². The van der Waals surface area contributed by atoms with E-state index >= 15 is 0 Å². The Morgan fingerprint density at radius 1 is 1.45 bits per heavy atom. The summed E-state index contributed by atoms with van der Waals surface area (Å²) in [6.07, 6.45) is 0. The molecule has 3 nitrogen and oxygen atoms in total. The Labute approximate surface area is 66.7 Å². The Morgan fingerprint density at radius 3 is 2.73 bits per heavy atom. The highest BCUT2D eigenvalue weighted by atomic mass is 16.5. The fraction of sp³-hybridized carbons (Fsp3) is 0.143. The first-order chi connectivity index (χ1) is 5.24. The van der Waals surface area contributed by atoms with Crippen LogP contribution in [-0.4, -0.2) is 14.6 Å². The maximum Gasteiger partial charge on any atom is 0.144 e. The Bertz CT molecular complexity index is 252. The highest BCUT2D eigenvalue weighted by molar-refractivity contribution is 6.32. The molecule has 0 aliphatic heterocycles. The number of nitrogen functional groups attached to an aromatic ring is 1. The van der Waals surface area contributed by atoms with Crippen LogP contribution in [0.3, 0.4) is 0 Å². The van der Waals surface area contributed by atoms with Gasteiger partial charge in [0.2, 0.25) is 0 Å². The Balaban J connectivity index is 2.90. The lowest BCUT2D eigenvalue weighted by Gasteiger charge is -2.06. The first kappa shape index (κ1) is 7.95. The lowest BCUT2D eigenvalue weighted by Crippen LogP contribution is -2.10. The van der Waals surface area contributed by atoms with Gasteiger partial charge in [-0.15, -0.1) is 0 Å². The normalized spacial score (nSPS) is 9.55. The molecule has 0 heterocycles. The van der Waals surface area contributed by atoms with Gasteiger partial charge in [0.15, 0.2) is 0 Å². The maximum atomic E-state index is 5.55. The SMILES string of the molecule is [B]c1ccc(OCN)c(N)c1. The van der Waals surface area contributed by atoms with Crippen LogP contribution in [0.5, 0.6) is 5.75 Å². The van der Waals surface area contributed by atoms with Crippen molar-refractivity contribution >= 4 is 19.0 Å². The fourth-order valence-electron chi connectivity index (χ4n) is 0.788. The molecule has 56 valence electrons. The summed E-state index contributed by atoms with van der Waals surface area (Å²) >= 11 is 0. The fourth-order valence-corrected chi connectivity index (χ4v) is 0.788. The standard InChI is InChI=1S/C7H9BN2O/c8-5-1-2-7(11-4-9)6(10)3-5/h1-3H,4,9-10H2. The molecule has 1 aromatic rings. The molecule has 1 aromatic carbocycles. The van der Waals surface area contributed by atoms with Crippen molar-refractivity contribution < 1.29 is 4.74 Å². The number of hydrogen-bond acceptors (Lipinski definition) is 3. The second-order valence-electron chi connectivity index (χ2n) is 2.11. The van der Waals surface area contributed by atoms with Crippen molar-refractivity contribution in [2.24, 2.45) is 5.73 Å². The van der Waals surface area contributed by atoms with Gasteiger partial charge in [0.1, 0.15) is 20.3 Å². The summed E-state index contributed by atoms with van der Waals surface area (Å²) in [6, 6.07) is 5.03. The van der Waals surface area contributed by atoms with Gasteiger partial charge in [0.25, 0.3) is 0 Å². The molecular weight excluding hydrogens is 139 g/mol. The minimum absolute atomic E-state index is 0.119. The van der Waals surface area contributed by atoms with Gasteiger partial charge >= 0.3 is 0 Å². The molecule has 1 rings (SSSR count). The first-order valence-corrected chi connectivity index (χ1v) is 3.22. The molecule has 0 aliphatic rings. The van der Waals surface area contributed by atoms with Crippen molar-refractivity contribution in [1.29, 1.82) is 0 Å². The summed E-state index contributed by atoms with van der Waals surface area (Å²) in [6.45, 7) is 0.119. The summed E-state index contributed by atoms with van der Waals surface area (Å²) in [5.41, 5.74) is 11.8. The zero-order valence-corrected chi connectivity index (χ0v) is 6.08. The average Bonchev–Trinajstić information content (AvgIpc) is 1.95. The number of hydrogen-bond donors (Lipinski definition) is 2. The third kappa shape index (κ3) is 1.88. The molecule has 0 aromatic heterocycles. The van der Waals surface area contributed by atoms with E-state index in [4.69, 9.17) is 24.1 Å². The van der Waals surface area contributed by atoms with Crippen LogP contribution in [0.15, 0.2) is 18.2 Å². The molecular formula is C7H9BN2O. The largest absolute Gasteiger partial charge is 0.476 e. The highest BCUT2D eigenvalue weighted by Crippen LogP contribution is 2.17. The third-order valence-corrected chi connectivity index (χ3v) is 1.27. The zero-order valence-electron chi connectivity index (χ0n) is 6.08. The second kappa shape index (κ2) is 3.30. The molecule has 0 saturated heterocycles. The second-order valence-corrected chi connectivity index (χ2v) is 2.11. The Morgan fingerprint density at radius 2 is 2.18 bits per heavy atom. The van der Waals surface area contributed by atoms with Crippen LogP contribution in [0, 0.1) is 0 Å². The van der Waals surface area contributed by atoms with Crippen LogP contribution < -0.4 is 21.7 Å². The maximum absolute atomic E-state index is 5.55. The Kier molecular flexibility index (Phi) is 2.38. The van der Waals surface area contributed by atoms with E-state index in [1.807, 2.05) is 0 Å². The predicted molar refractivity (Wildman–Crippen MR) is 45.9 cm³/mol. The molecule has 2 radical (unpaired) electrons. The van der Waals surface area contributed by atoms with Gasteiger partial charge in [-0.3, -0.25) is 5.73 Å². The van der Waals surface area contributed by atoms with Crippen molar-refractivity contribution in [1.82, 2.24) is 0 Å². The van der Waals surface area contributed by atoms with Gasteiger partial charge in [0, 0.05) is 0 Å². The van der Waals surface area contributed by atoms with E-state index in [0.29, 0.717) is 16.9 Å². The molecule has 0 saturated carbocycles. The smallest absolute Gasteiger partial charge is 0.144 e. The molecule has 0 aliphatic carbocycles. The lowest BCUT2D eigenvalue weighted by molar-refractivity contribution is 0.331. The van der Waals surface area contributed by atoms with Crippen molar-refractivity contribution in [3.8, 4) is 5.75 Å². The summed E-state index contributed by atoms with van der Waals surface area (Å²) in [7, 11) is 5.46. The number of benzene rings is 1. The first-order valence-electron chi connectivity index (χ1n) is 3.22. The minimum Gasteiger partial charge on any atom is -0.476 e. The topological polar surface area (TPSA) is 61.3 Å². The number of anilines is 1. The van der Waals surface area contributed by atoms with Crippen LogP contribution in [0.25, 0.3) is 0 Å². The lowest BCUT2D eigenvalue weighted by atomic mass is 9.96. The van der Waals surface area contributed by atoms with Crippen LogP contribution in [0.4, 0.5) is 5.69 Å². The van der Waals surface area contributed by atoms with Gasteiger partial charge < -0.3 is 10.5 Å². The predicted octanol–water partition coefficient (Wildman–Crippen LogP) is -0.642. The van der Waals surface area contributed by atoms with E-state index in [1.165, 1.54) is 0 Å². The summed E-state index contributed by atoms with van der Waals surface area (Å²) in [5.74, 6) is 0.571. The molecule has 0 spiro atoms. The minimum atomic E-state index is 0.119. The molecule has 4 N–H and O–H groups in total. The van der Waals surface area contributed by atoms with Crippen LogP contribution >= 0.6 is 0 Å². The number of ether oxygens (including phenoxy) is 1. The summed E-state index contributed by atoms with van der Waals surface area (Å²) in [5, 5.41) is 0. The van der Waals surface area contributed by atoms with Gasteiger partial charge in [-0.05, 0) is 12.1 Å². The van der Waals surface area contributed by atoms with Crippen LogP contribution in [-0.2, 0) is 0 Å². The molecule has 4 heteroatoms. The molecule has 0 atom stereocenters. The quantitative estimate of drug-likeness (QED) is 0.333. The van der Waals surface area contributed by atoms with E-state index in [-0.39, 0.29) is 6.73 Å². The molecule has 11 heavy (non-hydrogen) atoms. The third-order valence-electron chi connectivity index (χ3n) is 1.27. The van der Waals surface area contributed by atoms with E-state index in [0.717, 1.165) is 0 Å². The average molecular weight is 148 g/mol. The van der Waals surface area contributed by atoms with Gasteiger partial charge in [-0.1, -0.05) is 11.5 Å². The monoisotopic (exact) mass is 148 g/mol. The van der Waals surface area contributed by atoms with Crippen LogP contribution in [0.1, 0.15) is 0 Å². The van der Waals surface area contributed by atoms with E-state index in [1.54, 1.807) is 18.2 Å². The van der Waals surface area contributed by atoms with E-state index < -0.39 is 0 Å². The molecule has 0 bridgehead atoms. The van der Waals surface area contributed by atoms with E-state index in [9.17, 15) is 0 Å². The van der Waals surface area contributed by atoms with Crippen molar-refractivity contribution in [3.63, 3.8) is 0 Å². The summed E-state index contributed by atoms with van der Waals surface area (Å²) in [4.78, 5) is 0. The molecule has 0 unspecified atom stereocenters. The Hall–Kier alpha value is -1.16. The van der Waals surface area contributed by atoms with Crippen LogP contribution in [0.2, 0.25) is 0 Å². The van der Waals surface area contributed by atoms with E-state index in [2.05, 4.69) is 0 Å². The number of nitrogens with two attached hydrogens (primary N) is 2. The summed E-state index contributed by atoms with van der Waals surface area (Å²) < 4.78 is 4.99. The van der Waals surface area contributed by atoms with Crippen molar-refractivity contribution in [3.05, 3.63) is 18.2 Å². The molecule has 0 amide bonds. The number of rotatable bonds is 2. The zero-order chi connectivity index (χ0) is 8.27. The highest BCUT2D eigenvalue weighted by Gasteiger charge is 1.97. The van der Waals surface area contributed by atoms with Gasteiger partial charge in [-0.25, -0.2) is 0 Å². The molecule has 0 fully saturated rings. The van der Waals surface area contributed by atoms with Gasteiger partial charge in [-0.2, -0.15) is 0 Å².